The molecule has 0 spiro atoms. The molecule has 0 fully saturated rings. The van der Waals surface area contributed by atoms with Crippen molar-refractivity contribution in [3.63, 3.8) is 0 Å². The summed E-state index contributed by atoms with van der Waals surface area (Å²) in [7, 11) is 1.49. The number of carbonyl (C=O) groups is 3. The summed E-state index contributed by atoms with van der Waals surface area (Å²) < 4.78 is 5.05. The Bertz CT molecular complexity index is 597. The van der Waals surface area contributed by atoms with Gasteiger partial charge in [-0.1, -0.05) is 6.92 Å². The summed E-state index contributed by atoms with van der Waals surface area (Å²) in [5.41, 5.74) is 0.723. The van der Waals surface area contributed by atoms with E-state index < -0.39 is 11.7 Å². The number of rotatable bonds is 5. The maximum atomic E-state index is 12.0. The minimum atomic E-state index is -0.683. The smallest absolute Gasteiger partial charge is 0.299 e. The van der Waals surface area contributed by atoms with Gasteiger partial charge >= 0.3 is 0 Å². The number of ether oxygens (including phenoxy) is 1. The first-order valence-electron chi connectivity index (χ1n) is 6.81. The van der Waals surface area contributed by atoms with Gasteiger partial charge in [0.05, 0.1) is 18.4 Å². The third kappa shape index (κ3) is 2.89. The SMILES string of the molecule is CCC(C)NC(=O)CN1C(=O)C(=O)c2cc(OC)ccc21. The molecule has 1 unspecified atom stereocenters. The van der Waals surface area contributed by atoms with Crippen molar-refractivity contribution in [2.75, 3.05) is 18.6 Å². The predicted octanol–water partition coefficient (Wildman–Crippen LogP) is 1.14. The van der Waals surface area contributed by atoms with Gasteiger partial charge in [0.1, 0.15) is 12.3 Å². The van der Waals surface area contributed by atoms with Crippen molar-refractivity contribution < 1.29 is 19.1 Å². The monoisotopic (exact) mass is 290 g/mol. The van der Waals surface area contributed by atoms with Gasteiger partial charge in [-0.2, -0.15) is 0 Å². The van der Waals surface area contributed by atoms with E-state index in [1.54, 1.807) is 12.1 Å². The molecule has 0 radical (unpaired) electrons. The second-order valence-electron chi connectivity index (χ2n) is 4.98. The van der Waals surface area contributed by atoms with Crippen LogP contribution in [0.2, 0.25) is 0 Å². The molecule has 1 aliphatic rings. The van der Waals surface area contributed by atoms with Crippen molar-refractivity contribution in [1.82, 2.24) is 5.32 Å². The van der Waals surface area contributed by atoms with Crippen LogP contribution < -0.4 is 15.0 Å². The van der Waals surface area contributed by atoms with Crippen LogP contribution in [-0.4, -0.2) is 37.3 Å². The summed E-state index contributed by atoms with van der Waals surface area (Å²) in [5.74, 6) is -1.08. The summed E-state index contributed by atoms with van der Waals surface area (Å²) in [6.45, 7) is 3.68. The van der Waals surface area contributed by atoms with Crippen molar-refractivity contribution in [2.45, 2.75) is 26.3 Å². The molecule has 0 bridgehead atoms. The topological polar surface area (TPSA) is 75.7 Å². The van der Waals surface area contributed by atoms with E-state index in [-0.39, 0.29) is 24.1 Å². The zero-order valence-electron chi connectivity index (χ0n) is 12.3. The summed E-state index contributed by atoms with van der Waals surface area (Å²) in [6, 6.07) is 4.82. The Labute approximate surface area is 123 Å². The zero-order chi connectivity index (χ0) is 15.6. The number of ketones is 1. The molecule has 1 aliphatic heterocycles. The minimum Gasteiger partial charge on any atom is -0.497 e. The molecule has 1 N–H and O–H groups in total. The average Bonchev–Trinajstić information content (AvgIpc) is 2.71. The molecule has 2 rings (SSSR count). The quantitative estimate of drug-likeness (QED) is 0.825. The predicted molar refractivity (Wildman–Crippen MR) is 77.6 cm³/mol. The lowest BCUT2D eigenvalue weighted by Gasteiger charge is -2.18. The highest BCUT2D eigenvalue weighted by Crippen LogP contribution is 2.31. The molecule has 112 valence electrons. The fourth-order valence-electron chi connectivity index (χ4n) is 2.13. The van der Waals surface area contributed by atoms with Crippen LogP contribution in [0, 0.1) is 0 Å². The van der Waals surface area contributed by atoms with E-state index >= 15 is 0 Å². The Balaban J connectivity index is 2.21. The molecule has 0 saturated heterocycles. The summed E-state index contributed by atoms with van der Waals surface area (Å²) in [6.07, 6.45) is 0.798. The third-order valence-corrected chi connectivity index (χ3v) is 3.50. The molecule has 1 atom stereocenters. The van der Waals surface area contributed by atoms with Crippen LogP contribution in [0.3, 0.4) is 0 Å². The first-order chi connectivity index (χ1) is 9.97. The Morgan fingerprint density at radius 2 is 2.10 bits per heavy atom. The molecule has 0 saturated carbocycles. The van der Waals surface area contributed by atoms with Gasteiger partial charge in [0.25, 0.3) is 11.7 Å². The van der Waals surface area contributed by atoms with E-state index in [1.165, 1.54) is 18.1 Å². The van der Waals surface area contributed by atoms with Gasteiger partial charge in [0, 0.05) is 6.04 Å². The van der Waals surface area contributed by atoms with E-state index in [9.17, 15) is 14.4 Å². The van der Waals surface area contributed by atoms with Crippen LogP contribution >= 0.6 is 0 Å². The highest BCUT2D eigenvalue weighted by Gasteiger charge is 2.37. The number of nitrogens with one attached hydrogen (secondary N) is 1. The maximum Gasteiger partial charge on any atom is 0.299 e. The zero-order valence-corrected chi connectivity index (χ0v) is 12.3. The van der Waals surface area contributed by atoms with Crippen molar-refractivity contribution in [3.8, 4) is 5.75 Å². The summed E-state index contributed by atoms with van der Waals surface area (Å²) in [4.78, 5) is 37.1. The Hall–Kier alpha value is -2.37. The molecular formula is C15H18N2O4. The van der Waals surface area contributed by atoms with E-state index in [0.717, 1.165) is 6.42 Å². The van der Waals surface area contributed by atoms with Crippen LogP contribution in [0.25, 0.3) is 0 Å². The number of amides is 2. The number of methoxy groups -OCH3 is 1. The number of Topliss-reactive ketones (excluding diaryl/α,β-unsaturated/α-hetero) is 1. The number of carbonyl (C=O) groups excluding carboxylic acids is 3. The van der Waals surface area contributed by atoms with Gasteiger partial charge in [0.15, 0.2) is 0 Å². The molecular weight excluding hydrogens is 272 g/mol. The van der Waals surface area contributed by atoms with Gasteiger partial charge in [-0.05, 0) is 31.5 Å². The summed E-state index contributed by atoms with van der Waals surface area (Å²) >= 11 is 0. The maximum absolute atomic E-state index is 12.0. The van der Waals surface area contributed by atoms with Gasteiger partial charge < -0.3 is 10.1 Å². The standard InChI is InChI=1S/C15H18N2O4/c1-4-9(2)16-13(18)8-17-12-6-5-10(21-3)7-11(12)14(19)15(17)20/h5-7,9H,4,8H2,1-3H3,(H,16,18). The van der Waals surface area contributed by atoms with Crippen LogP contribution in [0.5, 0.6) is 5.75 Å². The van der Waals surface area contributed by atoms with Gasteiger partial charge in [-0.25, -0.2) is 0 Å². The van der Waals surface area contributed by atoms with Crippen LogP contribution in [0.15, 0.2) is 18.2 Å². The fourth-order valence-corrected chi connectivity index (χ4v) is 2.13. The summed E-state index contributed by atoms with van der Waals surface area (Å²) in [5, 5.41) is 2.78. The van der Waals surface area contributed by atoms with Crippen LogP contribution in [-0.2, 0) is 9.59 Å². The second kappa shape index (κ2) is 5.95. The van der Waals surface area contributed by atoms with E-state index in [1.807, 2.05) is 13.8 Å². The lowest BCUT2D eigenvalue weighted by Crippen LogP contribution is -2.42. The minimum absolute atomic E-state index is 0.0289. The van der Waals surface area contributed by atoms with Gasteiger partial charge in [-0.15, -0.1) is 0 Å². The molecule has 0 aliphatic carbocycles. The van der Waals surface area contributed by atoms with Crippen molar-refractivity contribution in [3.05, 3.63) is 23.8 Å². The molecule has 1 aromatic carbocycles. The molecule has 21 heavy (non-hydrogen) atoms. The van der Waals surface area contributed by atoms with Gasteiger partial charge in [0.2, 0.25) is 5.91 Å². The fraction of sp³-hybridized carbons (Fsp3) is 0.400. The van der Waals surface area contributed by atoms with Crippen molar-refractivity contribution >= 4 is 23.3 Å². The van der Waals surface area contributed by atoms with Gasteiger partial charge in [-0.3, -0.25) is 19.3 Å². The normalized spacial score (nSPS) is 14.9. The van der Waals surface area contributed by atoms with E-state index in [2.05, 4.69) is 5.32 Å². The molecule has 1 heterocycles. The largest absolute Gasteiger partial charge is 0.497 e. The highest BCUT2D eigenvalue weighted by atomic mass is 16.5. The third-order valence-electron chi connectivity index (χ3n) is 3.50. The lowest BCUT2D eigenvalue weighted by molar-refractivity contribution is -0.122. The molecule has 6 nitrogen and oxygen atoms in total. The van der Waals surface area contributed by atoms with Crippen molar-refractivity contribution in [1.29, 1.82) is 0 Å². The van der Waals surface area contributed by atoms with Crippen LogP contribution in [0.1, 0.15) is 30.6 Å². The highest BCUT2D eigenvalue weighted by molar-refractivity contribution is 6.52. The first-order valence-corrected chi connectivity index (χ1v) is 6.81. The Morgan fingerprint density at radius 3 is 2.71 bits per heavy atom. The Morgan fingerprint density at radius 1 is 1.38 bits per heavy atom. The van der Waals surface area contributed by atoms with E-state index in [4.69, 9.17) is 4.74 Å². The van der Waals surface area contributed by atoms with E-state index in [0.29, 0.717) is 11.4 Å². The van der Waals surface area contributed by atoms with Crippen LogP contribution in [0.4, 0.5) is 5.69 Å². The first kappa shape index (κ1) is 15.0. The number of hydrogen-bond acceptors (Lipinski definition) is 4. The average molecular weight is 290 g/mol. The second-order valence-corrected chi connectivity index (χ2v) is 4.98. The number of nitrogens with zero attached hydrogens (tertiary/aromatic N) is 1. The molecule has 6 heteroatoms. The molecule has 2 amide bonds. The number of anilines is 1. The number of hydrogen-bond donors (Lipinski definition) is 1. The number of benzene rings is 1. The molecule has 0 aromatic heterocycles. The number of fused-ring (bicyclic) bond motifs is 1. The van der Waals surface area contributed by atoms with Crippen molar-refractivity contribution in [2.24, 2.45) is 0 Å². The molecule has 1 aromatic rings. The Kier molecular flexibility index (Phi) is 4.26. The lowest BCUT2D eigenvalue weighted by atomic mass is 10.1.